The maximum atomic E-state index is 12.5. The van der Waals surface area contributed by atoms with Crippen LogP contribution in [0.15, 0.2) is 30.3 Å². The molecule has 1 fully saturated rings. The molecule has 2 aromatic rings. The van der Waals surface area contributed by atoms with Crippen molar-refractivity contribution in [3.63, 3.8) is 0 Å². The molecule has 1 aliphatic heterocycles. The predicted octanol–water partition coefficient (Wildman–Crippen LogP) is 4.95. The smallest absolute Gasteiger partial charge is 0.410 e. The number of nitrogens with zero attached hydrogens (tertiary/aromatic N) is 3. The average molecular weight is 365 g/mol. The van der Waals surface area contributed by atoms with E-state index in [1.807, 2.05) is 43.9 Å². The number of amides is 1. The second kappa shape index (κ2) is 7.48. The molecule has 0 radical (unpaired) electrons. The zero-order valence-electron chi connectivity index (χ0n) is 16.5. The summed E-state index contributed by atoms with van der Waals surface area (Å²) < 4.78 is 7.76. The molecule has 0 spiro atoms. The van der Waals surface area contributed by atoms with Gasteiger partial charge in [-0.25, -0.2) is 4.79 Å². The van der Waals surface area contributed by atoms with Crippen LogP contribution >= 0.6 is 0 Å². The minimum Gasteiger partial charge on any atom is -0.444 e. The lowest BCUT2D eigenvalue weighted by Crippen LogP contribution is -2.39. The van der Waals surface area contributed by atoms with Crippen molar-refractivity contribution in [3.8, 4) is 6.07 Å². The van der Waals surface area contributed by atoms with Crippen LogP contribution in [0.1, 0.15) is 51.8 Å². The first kappa shape index (κ1) is 19.0. The minimum atomic E-state index is -0.485. The third-order valence-corrected chi connectivity index (χ3v) is 4.80. The molecular weight excluding hydrogens is 338 g/mol. The molecule has 0 bridgehead atoms. The van der Waals surface area contributed by atoms with E-state index in [1.54, 1.807) is 0 Å². The number of ether oxygens (including phenoxy) is 1. The molecule has 0 aliphatic carbocycles. The van der Waals surface area contributed by atoms with Crippen LogP contribution in [-0.4, -0.2) is 33.7 Å². The van der Waals surface area contributed by atoms with E-state index in [2.05, 4.69) is 35.8 Å². The van der Waals surface area contributed by atoms with Gasteiger partial charge in [-0.1, -0.05) is 6.08 Å². The Morgan fingerprint density at radius 2 is 2.15 bits per heavy atom. The summed E-state index contributed by atoms with van der Waals surface area (Å²) in [6.45, 7) is 9.35. The van der Waals surface area contributed by atoms with Gasteiger partial charge in [-0.15, -0.1) is 0 Å². The maximum absolute atomic E-state index is 12.5. The third kappa shape index (κ3) is 4.16. The number of hydrogen-bond acceptors (Lipinski definition) is 3. The van der Waals surface area contributed by atoms with Crippen LogP contribution in [0.4, 0.5) is 4.79 Å². The van der Waals surface area contributed by atoms with E-state index < -0.39 is 5.60 Å². The number of likely N-dealkylation sites (tertiary alicyclic amines) is 1. The van der Waals surface area contributed by atoms with Crippen molar-refractivity contribution in [1.82, 2.24) is 9.47 Å². The van der Waals surface area contributed by atoms with Crippen LogP contribution in [-0.2, 0) is 11.3 Å². The largest absolute Gasteiger partial charge is 0.444 e. The van der Waals surface area contributed by atoms with Gasteiger partial charge in [0.1, 0.15) is 5.60 Å². The first-order chi connectivity index (χ1) is 12.8. The van der Waals surface area contributed by atoms with Crippen molar-refractivity contribution >= 4 is 23.1 Å². The topological polar surface area (TPSA) is 58.3 Å². The Hall–Kier alpha value is -2.74. The highest BCUT2D eigenvalue weighted by atomic mass is 16.6. The molecule has 0 unspecified atom stereocenters. The van der Waals surface area contributed by atoms with E-state index in [0.29, 0.717) is 5.56 Å². The summed E-state index contributed by atoms with van der Waals surface area (Å²) in [7, 11) is 0. The molecule has 5 nitrogen and oxygen atoms in total. The van der Waals surface area contributed by atoms with E-state index in [0.717, 1.165) is 42.5 Å². The normalized spacial score (nSPS) is 17.6. The quantitative estimate of drug-likeness (QED) is 0.773. The molecule has 5 heteroatoms. The summed E-state index contributed by atoms with van der Waals surface area (Å²) in [6, 6.07) is 10.1. The Bertz CT molecular complexity index is 912. The molecule has 27 heavy (non-hydrogen) atoms. The van der Waals surface area contributed by atoms with Gasteiger partial charge in [0.15, 0.2) is 0 Å². The van der Waals surface area contributed by atoms with Gasteiger partial charge in [-0.2, -0.15) is 5.26 Å². The Morgan fingerprint density at radius 3 is 2.81 bits per heavy atom. The van der Waals surface area contributed by atoms with Crippen LogP contribution < -0.4 is 0 Å². The van der Waals surface area contributed by atoms with Crippen molar-refractivity contribution in [2.45, 2.75) is 58.7 Å². The Morgan fingerprint density at radius 1 is 1.37 bits per heavy atom. The first-order valence-electron chi connectivity index (χ1n) is 9.53. The molecule has 1 aromatic heterocycles. The fourth-order valence-corrected chi connectivity index (χ4v) is 3.60. The average Bonchev–Trinajstić information content (AvgIpc) is 3.21. The second-order valence-electron chi connectivity index (χ2n) is 7.94. The number of hydrogen-bond donors (Lipinski definition) is 0. The molecule has 0 N–H and O–H groups in total. The summed E-state index contributed by atoms with van der Waals surface area (Å²) in [6.07, 6.45) is 5.87. The van der Waals surface area contributed by atoms with Gasteiger partial charge >= 0.3 is 6.09 Å². The number of aromatic nitrogens is 1. The van der Waals surface area contributed by atoms with E-state index in [1.165, 1.54) is 0 Å². The van der Waals surface area contributed by atoms with Crippen LogP contribution in [0.2, 0.25) is 0 Å². The van der Waals surface area contributed by atoms with Crippen molar-refractivity contribution in [2.24, 2.45) is 0 Å². The van der Waals surface area contributed by atoms with Gasteiger partial charge < -0.3 is 14.2 Å². The van der Waals surface area contributed by atoms with Crippen molar-refractivity contribution in [3.05, 3.63) is 41.6 Å². The summed E-state index contributed by atoms with van der Waals surface area (Å²) in [5.41, 5.74) is 2.38. The van der Waals surface area contributed by atoms with Crippen molar-refractivity contribution in [2.75, 3.05) is 6.54 Å². The van der Waals surface area contributed by atoms with Crippen LogP contribution in [0, 0.1) is 11.3 Å². The molecule has 1 amide bonds. The molecule has 0 saturated carbocycles. The maximum Gasteiger partial charge on any atom is 0.410 e. The summed E-state index contributed by atoms with van der Waals surface area (Å²) in [4.78, 5) is 14.3. The minimum absolute atomic E-state index is 0.0536. The SMILES string of the molecule is CCn1c(C=C[C@@H]2CCCN2C(=O)OC(C)(C)C)cc2cc(C#N)ccc21. The summed E-state index contributed by atoms with van der Waals surface area (Å²) >= 11 is 0. The highest BCUT2D eigenvalue weighted by Crippen LogP contribution is 2.25. The van der Waals surface area contributed by atoms with Gasteiger partial charge in [0.05, 0.1) is 17.7 Å². The lowest BCUT2D eigenvalue weighted by atomic mass is 10.1. The number of benzene rings is 1. The monoisotopic (exact) mass is 365 g/mol. The molecule has 1 aliphatic rings. The molecule has 1 saturated heterocycles. The van der Waals surface area contributed by atoms with Crippen LogP contribution in [0.3, 0.4) is 0 Å². The fourth-order valence-electron chi connectivity index (χ4n) is 3.60. The fraction of sp³-hybridized carbons (Fsp3) is 0.455. The highest BCUT2D eigenvalue weighted by molar-refractivity contribution is 5.85. The van der Waals surface area contributed by atoms with Crippen molar-refractivity contribution in [1.29, 1.82) is 5.26 Å². The zero-order valence-corrected chi connectivity index (χ0v) is 16.5. The van der Waals surface area contributed by atoms with Gasteiger partial charge in [0.2, 0.25) is 0 Å². The van der Waals surface area contributed by atoms with Gasteiger partial charge in [0.25, 0.3) is 0 Å². The van der Waals surface area contributed by atoms with Gasteiger partial charge in [-0.05, 0) is 70.9 Å². The van der Waals surface area contributed by atoms with E-state index in [9.17, 15) is 4.79 Å². The zero-order chi connectivity index (χ0) is 19.6. The highest BCUT2D eigenvalue weighted by Gasteiger charge is 2.30. The molecule has 2 heterocycles. The Labute approximate surface area is 160 Å². The van der Waals surface area contributed by atoms with Crippen molar-refractivity contribution < 1.29 is 9.53 Å². The number of rotatable bonds is 3. The lowest BCUT2D eigenvalue weighted by Gasteiger charge is -2.27. The predicted molar refractivity (Wildman–Crippen MR) is 107 cm³/mol. The number of carbonyl (C=O) groups is 1. The van der Waals surface area contributed by atoms with E-state index >= 15 is 0 Å². The standard InChI is InChI=1S/C22H27N3O2/c1-5-24-19(14-17-13-16(15-23)8-11-20(17)24)10-9-18-7-6-12-25(18)21(26)27-22(2,3)4/h8-11,13-14,18H,5-7,12H2,1-4H3/t18-/m0/s1. The Balaban J connectivity index is 1.84. The third-order valence-electron chi connectivity index (χ3n) is 4.80. The second-order valence-corrected chi connectivity index (χ2v) is 7.94. The van der Waals surface area contributed by atoms with E-state index in [4.69, 9.17) is 10.00 Å². The van der Waals surface area contributed by atoms with Crippen LogP contribution in [0.5, 0.6) is 0 Å². The van der Waals surface area contributed by atoms with E-state index in [-0.39, 0.29) is 12.1 Å². The number of nitriles is 1. The number of aryl methyl sites for hydroxylation is 1. The molecule has 142 valence electrons. The molecular formula is C22H27N3O2. The summed E-state index contributed by atoms with van der Waals surface area (Å²) in [5.74, 6) is 0. The van der Waals surface area contributed by atoms with Crippen LogP contribution in [0.25, 0.3) is 17.0 Å². The molecule has 1 aromatic carbocycles. The van der Waals surface area contributed by atoms with Gasteiger partial charge in [0, 0.05) is 29.7 Å². The Kier molecular flexibility index (Phi) is 5.27. The van der Waals surface area contributed by atoms with Gasteiger partial charge in [-0.3, -0.25) is 0 Å². The molecule has 1 atom stereocenters. The molecule has 3 rings (SSSR count). The number of carbonyl (C=O) groups excluding carboxylic acids is 1. The first-order valence-corrected chi connectivity index (χ1v) is 9.53. The number of fused-ring (bicyclic) bond motifs is 1. The summed E-state index contributed by atoms with van der Waals surface area (Å²) in [5, 5.41) is 10.2. The lowest BCUT2D eigenvalue weighted by molar-refractivity contribution is 0.0256.